The first-order chi connectivity index (χ1) is 13.8. The van der Waals surface area contributed by atoms with Gasteiger partial charge in [-0.2, -0.15) is 8.75 Å². The second-order valence-corrected chi connectivity index (χ2v) is 7.10. The van der Waals surface area contributed by atoms with Gasteiger partial charge >= 0.3 is 0 Å². The molecule has 1 saturated heterocycles. The summed E-state index contributed by atoms with van der Waals surface area (Å²) in [6.07, 6.45) is 5.49. The Bertz CT molecular complexity index is 1120. The Hall–Kier alpha value is -3.33. The highest BCUT2D eigenvalue weighted by Crippen LogP contribution is 2.19. The predicted molar refractivity (Wildman–Crippen MR) is 107 cm³/mol. The Morgan fingerprint density at radius 1 is 0.893 bits per heavy atom. The van der Waals surface area contributed by atoms with Crippen LogP contribution in [0.5, 0.6) is 0 Å². The predicted octanol–water partition coefficient (Wildman–Crippen LogP) is 2.23. The number of fused-ring (bicyclic) bond motifs is 1. The van der Waals surface area contributed by atoms with E-state index in [0.29, 0.717) is 18.7 Å². The van der Waals surface area contributed by atoms with Crippen molar-refractivity contribution in [2.45, 2.75) is 0 Å². The molecule has 0 bridgehead atoms. The molecule has 4 heterocycles. The number of nitrogens with zero attached hydrogens (tertiary/aromatic N) is 7. The highest BCUT2D eigenvalue weighted by Gasteiger charge is 2.23. The van der Waals surface area contributed by atoms with Crippen molar-refractivity contribution in [1.82, 2.24) is 28.2 Å². The first-order valence-corrected chi connectivity index (χ1v) is 9.73. The molecule has 3 aromatic heterocycles. The van der Waals surface area contributed by atoms with Crippen molar-refractivity contribution in [1.29, 1.82) is 0 Å². The van der Waals surface area contributed by atoms with Crippen LogP contribution in [0.15, 0.2) is 55.1 Å². The molecule has 0 unspecified atom stereocenters. The van der Waals surface area contributed by atoms with Crippen molar-refractivity contribution >= 4 is 34.5 Å². The monoisotopic (exact) mass is 391 g/mol. The fourth-order valence-electron chi connectivity index (χ4n) is 3.37. The van der Waals surface area contributed by atoms with Crippen molar-refractivity contribution in [3.05, 3.63) is 60.7 Å². The van der Waals surface area contributed by atoms with E-state index in [1.807, 2.05) is 58.3 Å². The molecule has 28 heavy (non-hydrogen) atoms. The van der Waals surface area contributed by atoms with E-state index in [-0.39, 0.29) is 5.91 Å². The number of aromatic nitrogens is 5. The summed E-state index contributed by atoms with van der Waals surface area (Å²) in [7, 11) is 0. The topological polar surface area (TPSA) is 80.0 Å². The molecular weight excluding hydrogens is 374 g/mol. The zero-order valence-electron chi connectivity index (χ0n) is 15.0. The number of amides is 1. The Morgan fingerprint density at radius 3 is 2.46 bits per heavy atom. The van der Waals surface area contributed by atoms with Crippen LogP contribution in [0.1, 0.15) is 10.4 Å². The first-order valence-electron chi connectivity index (χ1n) is 9.00. The highest BCUT2D eigenvalue weighted by atomic mass is 32.1. The lowest BCUT2D eigenvalue weighted by Crippen LogP contribution is -2.49. The lowest BCUT2D eigenvalue weighted by molar-refractivity contribution is 0.0746. The maximum absolute atomic E-state index is 12.9. The summed E-state index contributed by atoms with van der Waals surface area (Å²) >= 11 is 1.16. The normalized spacial score (nSPS) is 14.6. The van der Waals surface area contributed by atoms with E-state index in [4.69, 9.17) is 0 Å². The number of anilines is 1. The Balaban J connectivity index is 1.28. The molecule has 1 aromatic carbocycles. The van der Waals surface area contributed by atoms with E-state index >= 15 is 0 Å². The largest absolute Gasteiger partial charge is 0.353 e. The zero-order chi connectivity index (χ0) is 18.9. The van der Waals surface area contributed by atoms with Crippen molar-refractivity contribution in [3.8, 4) is 5.82 Å². The lowest BCUT2D eigenvalue weighted by Gasteiger charge is -2.35. The Kier molecular flexibility index (Phi) is 4.21. The molecule has 8 nitrogen and oxygen atoms in total. The second kappa shape index (κ2) is 7.01. The van der Waals surface area contributed by atoms with Gasteiger partial charge in [-0.3, -0.25) is 4.79 Å². The molecule has 0 N–H and O–H groups in total. The van der Waals surface area contributed by atoms with Gasteiger partial charge in [0, 0.05) is 50.2 Å². The summed E-state index contributed by atoms with van der Waals surface area (Å²) in [5.74, 6) is 1.74. The molecule has 9 heteroatoms. The maximum Gasteiger partial charge on any atom is 0.254 e. The molecule has 1 aliphatic rings. The van der Waals surface area contributed by atoms with Crippen LogP contribution in [0.3, 0.4) is 0 Å². The maximum atomic E-state index is 12.9. The SMILES string of the molecule is O=C(c1ccc2nsnc2c1)N1CCN(c2cc(-n3cccc3)ncn2)CC1. The van der Waals surface area contributed by atoms with E-state index in [0.717, 1.165) is 47.5 Å². The van der Waals surface area contributed by atoms with Gasteiger partial charge in [-0.05, 0) is 30.3 Å². The highest BCUT2D eigenvalue weighted by molar-refractivity contribution is 7.00. The molecule has 1 fully saturated rings. The van der Waals surface area contributed by atoms with Crippen LogP contribution in [0.25, 0.3) is 16.9 Å². The van der Waals surface area contributed by atoms with Crippen molar-refractivity contribution < 1.29 is 4.79 Å². The summed E-state index contributed by atoms with van der Waals surface area (Å²) < 4.78 is 10.4. The molecule has 0 radical (unpaired) electrons. The minimum absolute atomic E-state index is 0.0327. The van der Waals surface area contributed by atoms with Crippen molar-refractivity contribution in [3.63, 3.8) is 0 Å². The first kappa shape index (κ1) is 16.8. The molecule has 1 amide bonds. The van der Waals surface area contributed by atoms with E-state index in [2.05, 4.69) is 23.6 Å². The van der Waals surface area contributed by atoms with Gasteiger partial charge in [0.15, 0.2) is 0 Å². The summed E-state index contributed by atoms with van der Waals surface area (Å²) in [6.45, 7) is 2.76. The molecule has 0 saturated carbocycles. The quantitative estimate of drug-likeness (QED) is 0.533. The van der Waals surface area contributed by atoms with Crippen molar-refractivity contribution in [2.75, 3.05) is 31.1 Å². The molecule has 4 aromatic rings. The molecule has 0 spiro atoms. The molecule has 5 rings (SSSR count). The average molecular weight is 391 g/mol. The van der Waals surface area contributed by atoms with Gasteiger partial charge in [-0.1, -0.05) is 0 Å². The van der Waals surface area contributed by atoms with E-state index in [9.17, 15) is 4.79 Å². The van der Waals surface area contributed by atoms with Gasteiger partial charge in [-0.15, -0.1) is 0 Å². The third-order valence-electron chi connectivity index (χ3n) is 4.90. The van der Waals surface area contributed by atoms with E-state index in [1.165, 1.54) is 0 Å². The fourth-order valence-corrected chi connectivity index (χ4v) is 3.89. The van der Waals surface area contributed by atoms with Crippen LogP contribution in [0, 0.1) is 0 Å². The van der Waals surface area contributed by atoms with Crippen molar-refractivity contribution in [2.24, 2.45) is 0 Å². The smallest absolute Gasteiger partial charge is 0.254 e. The average Bonchev–Trinajstić information content (AvgIpc) is 3.45. The minimum Gasteiger partial charge on any atom is -0.353 e. The number of carbonyl (C=O) groups is 1. The summed E-state index contributed by atoms with van der Waals surface area (Å²) in [5, 5.41) is 0. The summed E-state index contributed by atoms with van der Waals surface area (Å²) in [5.41, 5.74) is 2.26. The minimum atomic E-state index is 0.0327. The number of hydrogen-bond acceptors (Lipinski definition) is 7. The third-order valence-corrected chi connectivity index (χ3v) is 5.46. The molecule has 0 atom stereocenters. The zero-order valence-corrected chi connectivity index (χ0v) is 15.8. The number of hydrogen-bond donors (Lipinski definition) is 0. The standard InChI is InChI=1S/C19H17N7OS/c27-19(14-3-4-15-16(11-14)23-28-22-15)26-9-7-25(8-10-26)18-12-17(20-13-21-18)24-5-1-2-6-24/h1-6,11-13H,7-10H2. The number of piperazine rings is 1. The Morgan fingerprint density at radius 2 is 1.64 bits per heavy atom. The lowest BCUT2D eigenvalue weighted by atomic mass is 10.1. The van der Waals surface area contributed by atoms with Gasteiger partial charge in [-0.25, -0.2) is 9.97 Å². The van der Waals surface area contributed by atoms with Gasteiger partial charge in [0.2, 0.25) is 0 Å². The molecular formula is C19H17N7OS. The summed E-state index contributed by atoms with van der Waals surface area (Å²) in [4.78, 5) is 25.7. The number of rotatable bonds is 3. The van der Waals surface area contributed by atoms with Crippen LogP contribution in [0.4, 0.5) is 5.82 Å². The fraction of sp³-hybridized carbons (Fsp3) is 0.211. The third kappa shape index (κ3) is 3.09. The van der Waals surface area contributed by atoms with E-state index in [1.54, 1.807) is 6.33 Å². The van der Waals surface area contributed by atoms with E-state index < -0.39 is 0 Å². The Labute approximate surface area is 165 Å². The summed E-state index contributed by atoms with van der Waals surface area (Å²) in [6, 6.07) is 11.4. The van der Waals surface area contributed by atoms with Crippen LogP contribution in [-0.2, 0) is 0 Å². The van der Waals surface area contributed by atoms with Gasteiger partial charge in [0.05, 0.1) is 11.7 Å². The van der Waals surface area contributed by atoms with Crippen LogP contribution in [-0.4, -0.2) is 60.3 Å². The van der Waals surface area contributed by atoms with Crippen LogP contribution < -0.4 is 4.90 Å². The molecule has 140 valence electrons. The molecule has 1 aliphatic heterocycles. The van der Waals surface area contributed by atoms with Crippen LogP contribution >= 0.6 is 11.7 Å². The van der Waals surface area contributed by atoms with Gasteiger partial charge in [0.1, 0.15) is 29.0 Å². The number of benzene rings is 1. The van der Waals surface area contributed by atoms with Gasteiger partial charge < -0.3 is 14.4 Å². The van der Waals surface area contributed by atoms with Crippen LogP contribution in [0.2, 0.25) is 0 Å². The molecule has 0 aliphatic carbocycles. The number of carbonyl (C=O) groups excluding carboxylic acids is 1. The second-order valence-electron chi connectivity index (χ2n) is 6.57. The van der Waals surface area contributed by atoms with Gasteiger partial charge in [0.25, 0.3) is 5.91 Å².